The van der Waals surface area contributed by atoms with Gasteiger partial charge >= 0.3 is 0 Å². The third-order valence-corrected chi connectivity index (χ3v) is 3.57. The summed E-state index contributed by atoms with van der Waals surface area (Å²) in [5, 5.41) is 9.59. The highest BCUT2D eigenvalue weighted by atomic mass is 16.2. The van der Waals surface area contributed by atoms with Gasteiger partial charge in [0.15, 0.2) is 0 Å². The van der Waals surface area contributed by atoms with Crippen molar-refractivity contribution in [3.8, 4) is 0 Å². The number of amides is 2. The monoisotopic (exact) mass is 334 g/mol. The van der Waals surface area contributed by atoms with E-state index in [0.29, 0.717) is 11.4 Å². The molecular weight excluding hydrogens is 316 g/mol. The fourth-order valence-electron chi connectivity index (χ4n) is 2.46. The number of fused-ring (bicyclic) bond motifs is 1. The van der Waals surface area contributed by atoms with Crippen molar-refractivity contribution in [3.63, 3.8) is 0 Å². The van der Waals surface area contributed by atoms with Gasteiger partial charge in [-0.15, -0.1) is 0 Å². The molecule has 2 aromatic carbocycles. The molecule has 0 saturated heterocycles. The van der Waals surface area contributed by atoms with Crippen LogP contribution >= 0.6 is 0 Å². The van der Waals surface area contributed by atoms with Crippen molar-refractivity contribution in [3.05, 3.63) is 60.8 Å². The van der Waals surface area contributed by atoms with Crippen LogP contribution in [0.4, 0.5) is 17.1 Å². The molecule has 0 atom stereocenters. The van der Waals surface area contributed by atoms with Crippen LogP contribution in [-0.4, -0.2) is 23.3 Å². The highest BCUT2D eigenvalue weighted by Gasteiger charge is 2.06. The van der Waals surface area contributed by atoms with Gasteiger partial charge in [0.25, 0.3) is 0 Å². The van der Waals surface area contributed by atoms with Gasteiger partial charge in [-0.05, 0) is 36.4 Å². The number of carbonyl (C=O) groups is 2. The van der Waals surface area contributed by atoms with Crippen LogP contribution in [0.15, 0.2) is 60.8 Å². The molecule has 0 aliphatic rings. The molecule has 25 heavy (non-hydrogen) atoms. The van der Waals surface area contributed by atoms with Crippen LogP contribution in [0.3, 0.4) is 0 Å². The number of benzene rings is 2. The van der Waals surface area contributed by atoms with E-state index in [0.717, 1.165) is 16.6 Å². The van der Waals surface area contributed by atoms with Gasteiger partial charge in [-0.2, -0.15) is 0 Å². The van der Waals surface area contributed by atoms with Gasteiger partial charge in [-0.1, -0.05) is 18.2 Å². The van der Waals surface area contributed by atoms with E-state index in [4.69, 9.17) is 0 Å². The predicted octanol–water partition coefficient (Wildman–Crippen LogP) is 3.24. The second-order valence-electron chi connectivity index (χ2n) is 5.54. The van der Waals surface area contributed by atoms with E-state index in [9.17, 15) is 9.59 Å². The third kappa shape index (κ3) is 4.32. The van der Waals surface area contributed by atoms with E-state index in [1.165, 1.54) is 6.92 Å². The van der Waals surface area contributed by atoms with Gasteiger partial charge in [0.1, 0.15) is 0 Å². The summed E-state index contributed by atoms with van der Waals surface area (Å²) in [4.78, 5) is 27.5. The van der Waals surface area contributed by atoms with Gasteiger partial charge in [-0.3, -0.25) is 14.6 Å². The van der Waals surface area contributed by atoms with E-state index in [1.807, 2.05) is 30.3 Å². The van der Waals surface area contributed by atoms with Crippen molar-refractivity contribution in [2.75, 3.05) is 22.5 Å². The quantitative estimate of drug-likeness (QED) is 0.669. The standard InChI is InChI=1S/C19H18N4O2/c1-13(24)22-16-9-7-15(8-10-16)21-12-18(25)23-17-6-2-4-14-5-3-11-20-19(14)17/h2-11,21H,12H2,1H3,(H,22,24)(H,23,25). The van der Waals surface area contributed by atoms with E-state index in [1.54, 1.807) is 30.5 Å². The summed E-state index contributed by atoms with van der Waals surface area (Å²) in [6, 6.07) is 16.6. The number of para-hydroxylation sites is 1. The van der Waals surface area contributed by atoms with Crippen LogP contribution in [0.1, 0.15) is 6.92 Å². The van der Waals surface area contributed by atoms with Crippen LogP contribution in [0.25, 0.3) is 10.9 Å². The van der Waals surface area contributed by atoms with Crippen molar-refractivity contribution in [1.82, 2.24) is 4.98 Å². The fourth-order valence-corrected chi connectivity index (χ4v) is 2.46. The van der Waals surface area contributed by atoms with Crippen LogP contribution in [-0.2, 0) is 9.59 Å². The second-order valence-corrected chi connectivity index (χ2v) is 5.54. The molecule has 126 valence electrons. The minimum absolute atomic E-state index is 0.121. The van der Waals surface area contributed by atoms with E-state index < -0.39 is 0 Å². The van der Waals surface area contributed by atoms with Crippen LogP contribution in [0.2, 0.25) is 0 Å². The van der Waals surface area contributed by atoms with E-state index in [2.05, 4.69) is 20.9 Å². The molecule has 0 spiro atoms. The molecule has 0 saturated carbocycles. The Morgan fingerprint density at radius 2 is 1.64 bits per heavy atom. The van der Waals surface area contributed by atoms with Gasteiger partial charge in [0, 0.05) is 29.9 Å². The Morgan fingerprint density at radius 1 is 0.920 bits per heavy atom. The normalized spacial score (nSPS) is 10.3. The van der Waals surface area contributed by atoms with Crippen molar-refractivity contribution in [2.45, 2.75) is 6.92 Å². The Kier molecular flexibility index (Phi) is 4.89. The summed E-state index contributed by atoms with van der Waals surface area (Å²) in [5.41, 5.74) is 2.95. The zero-order valence-electron chi connectivity index (χ0n) is 13.7. The lowest BCUT2D eigenvalue weighted by Gasteiger charge is -2.10. The lowest BCUT2D eigenvalue weighted by molar-refractivity contribution is -0.115. The molecule has 6 heteroatoms. The molecule has 0 radical (unpaired) electrons. The molecule has 1 heterocycles. The number of nitrogens with zero attached hydrogens (tertiary/aromatic N) is 1. The Bertz CT molecular complexity index is 901. The SMILES string of the molecule is CC(=O)Nc1ccc(NCC(=O)Nc2cccc3cccnc23)cc1. The van der Waals surface area contributed by atoms with Crippen molar-refractivity contribution >= 4 is 39.8 Å². The summed E-state index contributed by atoms with van der Waals surface area (Å²) in [6.45, 7) is 1.58. The largest absolute Gasteiger partial charge is 0.376 e. The highest BCUT2D eigenvalue weighted by Crippen LogP contribution is 2.20. The smallest absolute Gasteiger partial charge is 0.243 e. The lowest BCUT2D eigenvalue weighted by atomic mass is 10.2. The maximum Gasteiger partial charge on any atom is 0.243 e. The molecule has 6 nitrogen and oxygen atoms in total. The molecule has 0 aliphatic carbocycles. The summed E-state index contributed by atoms with van der Waals surface area (Å²) in [5.74, 6) is -0.284. The van der Waals surface area contributed by atoms with E-state index in [-0.39, 0.29) is 18.4 Å². The average molecular weight is 334 g/mol. The number of anilines is 3. The van der Waals surface area contributed by atoms with Crippen molar-refractivity contribution in [1.29, 1.82) is 0 Å². The minimum Gasteiger partial charge on any atom is -0.376 e. The molecule has 0 aliphatic heterocycles. The first-order chi connectivity index (χ1) is 12.1. The maximum atomic E-state index is 12.2. The molecule has 3 rings (SSSR count). The maximum absolute atomic E-state index is 12.2. The number of hydrogen-bond acceptors (Lipinski definition) is 4. The van der Waals surface area contributed by atoms with Crippen molar-refractivity contribution < 1.29 is 9.59 Å². The number of rotatable bonds is 5. The number of aromatic nitrogens is 1. The average Bonchev–Trinajstić information content (AvgIpc) is 2.61. The van der Waals surface area contributed by atoms with E-state index >= 15 is 0 Å². The number of carbonyl (C=O) groups excluding carboxylic acids is 2. The molecule has 1 aromatic heterocycles. The van der Waals surface area contributed by atoms with Crippen molar-refractivity contribution in [2.24, 2.45) is 0 Å². The third-order valence-electron chi connectivity index (χ3n) is 3.57. The lowest BCUT2D eigenvalue weighted by Crippen LogP contribution is -2.22. The Balaban J connectivity index is 1.60. The van der Waals surface area contributed by atoms with Crippen LogP contribution < -0.4 is 16.0 Å². The van der Waals surface area contributed by atoms with Crippen LogP contribution in [0.5, 0.6) is 0 Å². The summed E-state index contributed by atoms with van der Waals surface area (Å²) < 4.78 is 0. The first-order valence-electron chi connectivity index (χ1n) is 7.87. The number of nitrogens with one attached hydrogen (secondary N) is 3. The molecule has 0 unspecified atom stereocenters. The fraction of sp³-hybridized carbons (Fsp3) is 0.105. The van der Waals surface area contributed by atoms with Crippen LogP contribution in [0, 0.1) is 0 Å². The Morgan fingerprint density at radius 3 is 2.40 bits per heavy atom. The summed E-state index contributed by atoms with van der Waals surface area (Å²) in [7, 11) is 0. The summed E-state index contributed by atoms with van der Waals surface area (Å²) in [6.07, 6.45) is 1.70. The molecule has 3 N–H and O–H groups in total. The van der Waals surface area contributed by atoms with Gasteiger partial charge in [0.05, 0.1) is 17.7 Å². The van der Waals surface area contributed by atoms with Gasteiger partial charge in [0.2, 0.25) is 11.8 Å². The first kappa shape index (κ1) is 16.4. The number of hydrogen-bond donors (Lipinski definition) is 3. The Hall–Kier alpha value is -3.41. The second kappa shape index (κ2) is 7.44. The predicted molar refractivity (Wildman–Crippen MR) is 99.6 cm³/mol. The Labute approximate surface area is 145 Å². The molecule has 2 amide bonds. The number of pyridine rings is 1. The topological polar surface area (TPSA) is 83.1 Å². The zero-order chi connectivity index (χ0) is 17.6. The molecule has 3 aromatic rings. The van der Waals surface area contributed by atoms with Gasteiger partial charge < -0.3 is 16.0 Å². The molecular formula is C19H18N4O2. The molecule has 0 fully saturated rings. The zero-order valence-corrected chi connectivity index (χ0v) is 13.7. The highest BCUT2D eigenvalue weighted by molar-refractivity contribution is 6.01. The van der Waals surface area contributed by atoms with Gasteiger partial charge in [-0.25, -0.2) is 0 Å². The molecule has 0 bridgehead atoms. The first-order valence-corrected chi connectivity index (χ1v) is 7.87. The minimum atomic E-state index is -0.163. The summed E-state index contributed by atoms with van der Waals surface area (Å²) >= 11 is 0.